The lowest BCUT2D eigenvalue weighted by atomic mass is 9.99. The van der Waals surface area contributed by atoms with E-state index < -0.39 is 10.0 Å². The highest BCUT2D eigenvalue weighted by Gasteiger charge is 2.16. The minimum Gasteiger partial charge on any atom is -0.367 e. The van der Waals surface area contributed by atoms with Crippen molar-refractivity contribution < 1.29 is 8.42 Å². The van der Waals surface area contributed by atoms with Crippen LogP contribution < -0.4 is 9.62 Å². The SMILES string of the molecule is O=S(=O)(NCCCc1ccc(N2CCc3ccccc3C2)cc1)c1ccccc1. The molecule has 0 bridgehead atoms. The van der Waals surface area contributed by atoms with E-state index in [9.17, 15) is 8.42 Å². The number of anilines is 1. The summed E-state index contributed by atoms with van der Waals surface area (Å²) < 4.78 is 27.2. The number of sulfonamides is 1. The van der Waals surface area contributed by atoms with Gasteiger partial charge < -0.3 is 4.90 Å². The Hall–Kier alpha value is -2.63. The summed E-state index contributed by atoms with van der Waals surface area (Å²) in [5, 5.41) is 0. The van der Waals surface area contributed by atoms with Crippen molar-refractivity contribution in [1.29, 1.82) is 0 Å². The first-order valence-corrected chi connectivity index (χ1v) is 11.6. The predicted octanol–water partition coefficient (Wildman–Crippen LogP) is 4.16. The van der Waals surface area contributed by atoms with Gasteiger partial charge in [-0.15, -0.1) is 0 Å². The second-order valence-electron chi connectivity index (χ2n) is 7.42. The van der Waals surface area contributed by atoms with Crippen LogP contribution in [0.4, 0.5) is 5.69 Å². The number of hydrogen-bond donors (Lipinski definition) is 1. The molecule has 0 unspecified atom stereocenters. The van der Waals surface area contributed by atoms with Gasteiger partial charge >= 0.3 is 0 Å². The zero-order valence-electron chi connectivity index (χ0n) is 16.4. The lowest BCUT2D eigenvalue weighted by Crippen LogP contribution is -2.30. The summed E-state index contributed by atoms with van der Waals surface area (Å²) in [5.74, 6) is 0. The van der Waals surface area contributed by atoms with E-state index in [0.717, 1.165) is 32.4 Å². The third kappa shape index (κ3) is 4.86. The van der Waals surface area contributed by atoms with Crippen molar-refractivity contribution in [3.8, 4) is 0 Å². The molecule has 1 aliphatic rings. The van der Waals surface area contributed by atoms with Crippen molar-refractivity contribution >= 4 is 15.7 Å². The van der Waals surface area contributed by atoms with Gasteiger partial charge in [-0.2, -0.15) is 0 Å². The van der Waals surface area contributed by atoms with E-state index >= 15 is 0 Å². The number of fused-ring (bicyclic) bond motifs is 1. The number of aryl methyl sites for hydroxylation is 1. The highest BCUT2D eigenvalue weighted by atomic mass is 32.2. The fourth-order valence-electron chi connectivity index (χ4n) is 3.77. The molecule has 0 atom stereocenters. The van der Waals surface area contributed by atoms with Crippen LogP contribution in [0.5, 0.6) is 0 Å². The molecule has 0 amide bonds. The molecular weight excluding hydrogens is 380 g/mol. The van der Waals surface area contributed by atoms with Gasteiger partial charge in [-0.1, -0.05) is 54.6 Å². The Morgan fingerprint density at radius 2 is 1.52 bits per heavy atom. The molecule has 3 aromatic rings. The van der Waals surface area contributed by atoms with E-state index in [2.05, 4.69) is 58.2 Å². The van der Waals surface area contributed by atoms with E-state index in [1.807, 2.05) is 6.07 Å². The summed E-state index contributed by atoms with van der Waals surface area (Å²) in [5.41, 5.74) is 5.34. The van der Waals surface area contributed by atoms with Gasteiger partial charge in [-0.3, -0.25) is 0 Å². The van der Waals surface area contributed by atoms with Crippen LogP contribution in [0, 0.1) is 0 Å². The largest absolute Gasteiger partial charge is 0.367 e. The van der Waals surface area contributed by atoms with Crippen LogP contribution in [0.15, 0.2) is 83.8 Å². The van der Waals surface area contributed by atoms with E-state index in [1.165, 1.54) is 22.4 Å². The molecule has 0 saturated heterocycles. The molecule has 5 heteroatoms. The molecule has 0 aliphatic carbocycles. The standard InChI is InChI=1S/C24H26N2O2S/c27-29(28,24-10-2-1-3-11-24)25-17-6-7-20-12-14-23(15-13-20)26-18-16-21-8-4-5-9-22(21)19-26/h1-5,8-15,25H,6-7,16-19H2. The fraction of sp³-hybridized carbons (Fsp3) is 0.250. The van der Waals surface area contributed by atoms with Gasteiger partial charge in [-0.25, -0.2) is 13.1 Å². The molecule has 0 aromatic heterocycles. The summed E-state index contributed by atoms with van der Waals surface area (Å²) in [7, 11) is -3.42. The maximum Gasteiger partial charge on any atom is 0.240 e. The van der Waals surface area contributed by atoms with Gasteiger partial charge in [0.1, 0.15) is 0 Å². The topological polar surface area (TPSA) is 49.4 Å². The summed E-state index contributed by atoms with van der Waals surface area (Å²) in [6.45, 7) is 2.43. The Labute approximate surface area is 173 Å². The van der Waals surface area contributed by atoms with Crippen molar-refractivity contribution in [2.24, 2.45) is 0 Å². The zero-order chi connectivity index (χ0) is 20.1. The Morgan fingerprint density at radius 3 is 2.28 bits per heavy atom. The Morgan fingerprint density at radius 1 is 0.828 bits per heavy atom. The van der Waals surface area contributed by atoms with Gasteiger partial charge in [0, 0.05) is 25.3 Å². The van der Waals surface area contributed by atoms with Gasteiger partial charge in [0.25, 0.3) is 0 Å². The molecule has 1 heterocycles. The Balaban J connectivity index is 1.28. The molecule has 1 N–H and O–H groups in total. The highest BCUT2D eigenvalue weighted by Crippen LogP contribution is 2.24. The van der Waals surface area contributed by atoms with Crippen LogP contribution in [0.3, 0.4) is 0 Å². The van der Waals surface area contributed by atoms with E-state index in [-0.39, 0.29) is 0 Å². The van der Waals surface area contributed by atoms with E-state index in [0.29, 0.717) is 11.4 Å². The summed E-state index contributed by atoms with van der Waals surface area (Å²) in [6.07, 6.45) is 2.70. The maximum absolute atomic E-state index is 12.2. The highest BCUT2D eigenvalue weighted by molar-refractivity contribution is 7.89. The zero-order valence-corrected chi connectivity index (χ0v) is 17.2. The summed E-state index contributed by atoms with van der Waals surface area (Å²) >= 11 is 0. The molecule has 29 heavy (non-hydrogen) atoms. The molecule has 0 saturated carbocycles. The average molecular weight is 407 g/mol. The van der Waals surface area contributed by atoms with Crippen molar-refractivity contribution in [3.63, 3.8) is 0 Å². The molecule has 150 valence electrons. The second kappa shape index (κ2) is 8.80. The van der Waals surface area contributed by atoms with Crippen molar-refractivity contribution in [1.82, 2.24) is 4.72 Å². The molecule has 0 spiro atoms. The van der Waals surface area contributed by atoms with Crippen LogP contribution in [-0.2, 0) is 29.4 Å². The molecule has 0 fully saturated rings. The molecule has 3 aromatic carbocycles. The Bertz CT molecular complexity index is 1050. The minimum absolute atomic E-state index is 0.312. The second-order valence-corrected chi connectivity index (χ2v) is 9.19. The number of nitrogens with one attached hydrogen (secondary N) is 1. The van der Waals surface area contributed by atoms with E-state index in [4.69, 9.17) is 0 Å². The molecule has 4 rings (SSSR count). The van der Waals surface area contributed by atoms with Gasteiger partial charge in [0.05, 0.1) is 4.90 Å². The predicted molar refractivity (Wildman–Crippen MR) is 118 cm³/mol. The number of hydrogen-bond acceptors (Lipinski definition) is 3. The Kier molecular flexibility index (Phi) is 5.97. The summed E-state index contributed by atoms with van der Waals surface area (Å²) in [4.78, 5) is 2.73. The van der Waals surface area contributed by atoms with Gasteiger partial charge in [0.2, 0.25) is 10.0 Å². The smallest absolute Gasteiger partial charge is 0.240 e. The van der Waals surface area contributed by atoms with E-state index in [1.54, 1.807) is 24.3 Å². The molecule has 0 radical (unpaired) electrons. The number of nitrogens with zero attached hydrogens (tertiary/aromatic N) is 1. The first kappa shape index (κ1) is 19.7. The van der Waals surface area contributed by atoms with Gasteiger partial charge in [-0.05, 0) is 60.2 Å². The number of benzene rings is 3. The fourth-order valence-corrected chi connectivity index (χ4v) is 4.87. The van der Waals surface area contributed by atoms with Crippen LogP contribution in [0.25, 0.3) is 0 Å². The minimum atomic E-state index is -3.42. The van der Waals surface area contributed by atoms with Crippen LogP contribution in [0.1, 0.15) is 23.1 Å². The lowest BCUT2D eigenvalue weighted by molar-refractivity contribution is 0.579. The third-order valence-electron chi connectivity index (χ3n) is 5.42. The maximum atomic E-state index is 12.2. The van der Waals surface area contributed by atoms with Gasteiger partial charge in [0.15, 0.2) is 0 Å². The van der Waals surface area contributed by atoms with Crippen molar-refractivity contribution in [3.05, 3.63) is 95.6 Å². The monoisotopic (exact) mass is 406 g/mol. The molecule has 4 nitrogen and oxygen atoms in total. The van der Waals surface area contributed by atoms with Crippen molar-refractivity contribution in [2.45, 2.75) is 30.7 Å². The van der Waals surface area contributed by atoms with Crippen molar-refractivity contribution in [2.75, 3.05) is 18.0 Å². The first-order chi connectivity index (χ1) is 14.1. The molecule has 1 aliphatic heterocycles. The van der Waals surface area contributed by atoms with Crippen LogP contribution >= 0.6 is 0 Å². The summed E-state index contributed by atoms with van der Waals surface area (Å²) in [6, 6.07) is 25.8. The lowest BCUT2D eigenvalue weighted by Gasteiger charge is -2.30. The number of rotatable bonds is 7. The average Bonchev–Trinajstić information content (AvgIpc) is 2.77. The van der Waals surface area contributed by atoms with Crippen LogP contribution in [-0.4, -0.2) is 21.5 Å². The van der Waals surface area contributed by atoms with Crippen LogP contribution in [0.2, 0.25) is 0 Å². The third-order valence-corrected chi connectivity index (χ3v) is 6.90. The first-order valence-electron chi connectivity index (χ1n) is 10.1. The normalized spacial score (nSPS) is 13.9. The molecular formula is C24H26N2O2S. The quantitative estimate of drug-likeness (QED) is 0.600.